The van der Waals surface area contributed by atoms with Crippen molar-refractivity contribution in [3.8, 4) is 6.07 Å². The van der Waals surface area contributed by atoms with E-state index in [9.17, 15) is 9.18 Å². The van der Waals surface area contributed by atoms with E-state index >= 15 is 0 Å². The van der Waals surface area contributed by atoms with Crippen molar-refractivity contribution in [1.82, 2.24) is 15.0 Å². The van der Waals surface area contributed by atoms with Gasteiger partial charge in [0.1, 0.15) is 29.6 Å². The van der Waals surface area contributed by atoms with Crippen molar-refractivity contribution in [2.24, 2.45) is 5.41 Å². The van der Waals surface area contributed by atoms with E-state index in [0.29, 0.717) is 17.8 Å². The number of carbonyl (C=O) groups excluding carboxylic acids is 1. The van der Waals surface area contributed by atoms with Gasteiger partial charge in [0.25, 0.3) is 5.91 Å². The minimum atomic E-state index is -0.959. The number of rotatable bonds is 5. The summed E-state index contributed by atoms with van der Waals surface area (Å²) in [5.74, 6) is -0.390. The Morgan fingerprint density at radius 2 is 2.11 bits per heavy atom. The summed E-state index contributed by atoms with van der Waals surface area (Å²) < 4.78 is 19.9. The molecule has 8 heteroatoms. The molecule has 0 saturated heterocycles. The molecule has 2 aromatic heterocycles. The van der Waals surface area contributed by atoms with Gasteiger partial charge < -0.3 is 15.0 Å². The first-order valence-corrected chi connectivity index (χ1v) is 11.8. The molecule has 0 radical (unpaired) electrons. The van der Waals surface area contributed by atoms with E-state index in [-0.39, 0.29) is 16.9 Å². The summed E-state index contributed by atoms with van der Waals surface area (Å²) in [6.45, 7) is 5.79. The van der Waals surface area contributed by atoms with Gasteiger partial charge in [-0.2, -0.15) is 5.26 Å². The predicted octanol–water partition coefficient (Wildman–Crippen LogP) is 5.36. The number of anilines is 1. The van der Waals surface area contributed by atoms with Crippen LogP contribution in [0.2, 0.25) is 0 Å². The Morgan fingerprint density at radius 1 is 1.29 bits per heavy atom. The largest absolute Gasteiger partial charge is 0.353 e. The number of nitrogens with zero attached hydrogens (tertiary/aromatic N) is 3. The van der Waals surface area contributed by atoms with Crippen LogP contribution in [0.5, 0.6) is 0 Å². The second-order valence-electron chi connectivity index (χ2n) is 10.6. The summed E-state index contributed by atoms with van der Waals surface area (Å²) >= 11 is 0. The first-order chi connectivity index (χ1) is 16.6. The SMILES string of the molecule is CC1(C)CC=C(c2nc(C3=CC4(C)C=CC(CF)(C3)O4)ccc2NC(=O)c2ncc(C#N)[nH]2)CC1. The number of halogens is 1. The molecule has 2 N–H and O–H groups in total. The minimum absolute atomic E-state index is 0.0583. The molecule has 2 unspecified atom stereocenters. The fraction of sp³-hybridized carbons (Fsp3) is 0.407. The van der Waals surface area contributed by atoms with Crippen molar-refractivity contribution in [2.45, 2.75) is 57.7 Å². The second-order valence-corrected chi connectivity index (χ2v) is 10.6. The van der Waals surface area contributed by atoms with Crippen molar-refractivity contribution >= 4 is 22.7 Å². The molecule has 0 fully saturated rings. The summed E-state index contributed by atoms with van der Waals surface area (Å²) in [7, 11) is 0. The molecule has 5 rings (SSSR count). The van der Waals surface area contributed by atoms with Crippen molar-refractivity contribution in [1.29, 1.82) is 5.26 Å². The summed E-state index contributed by atoms with van der Waals surface area (Å²) in [4.78, 5) is 24.5. The Bertz CT molecular complexity index is 1330. The van der Waals surface area contributed by atoms with Crippen LogP contribution in [0.4, 0.5) is 10.1 Å². The smallest absolute Gasteiger partial charge is 0.291 e. The van der Waals surface area contributed by atoms with E-state index in [2.05, 4.69) is 35.2 Å². The number of allylic oxidation sites excluding steroid dienone is 2. The molecule has 7 nitrogen and oxygen atoms in total. The summed E-state index contributed by atoms with van der Waals surface area (Å²) in [5.41, 5.74) is 2.80. The number of hydrogen-bond donors (Lipinski definition) is 2. The molecule has 0 spiro atoms. The van der Waals surface area contributed by atoms with E-state index in [1.807, 2.05) is 43.4 Å². The molecule has 2 aliphatic heterocycles. The number of hydrogen-bond acceptors (Lipinski definition) is 5. The van der Waals surface area contributed by atoms with Gasteiger partial charge in [0.15, 0.2) is 5.82 Å². The van der Waals surface area contributed by atoms with E-state index in [0.717, 1.165) is 36.1 Å². The molecule has 2 atom stereocenters. The number of nitrogens with one attached hydrogen (secondary N) is 2. The number of alkyl halides is 1. The van der Waals surface area contributed by atoms with Crippen LogP contribution in [0.15, 0.2) is 42.6 Å². The normalized spacial score (nSPS) is 26.6. The van der Waals surface area contributed by atoms with Gasteiger partial charge in [0.05, 0.1) is 23.3 Å². The fourth-order valence-corrected chi connectivity index (χ4v) is 4.95. The molecule has 35 heavy (non-hydrogen) atoms. The van der Waals surface area contributed by atoms with Crippen LogP contribution in [0, 0.1) is 16.7 Å². The van der Waals surface area contributed by atoms with Crippen LogP contribution in [0.25, 0.3) is 11.1 Å². The fourth-order valence-electron chi connectivity index (χ4n) is 4.95. The maximum Gasteiger partial charge on any atom is 0.291 e. The summed E-state index contributed by atoms with van der Waals surface area (Å²) in [6.07, 6.45) is 12.4. The molecule has 2 aromatic rings. The quantitative estimate of drug-likeness (QED) is 0.569. The van der Waals surface area contributed by atoms with Crippen LogP contribution >= 0.6 is 0 Å². The zero-order valence-corrected chi connectivity index (χ0v) is 20.1. The average Bonchev–Trinajstić information content (AvgIpc) is 3.41. The van der Waals surface area contributed by atoms with Crippen molar-refractivity contribution in [3.63, 3.8) is 0 Å². The third-order valence-corrected chi connectivity index (χ3v) is 6.98. The van der Waals surface area contributed by atoms with Gasteiger partial charge in [-0.05, 0) is 61.0 Å². The second kappa shape index (κ2) is 8.28. The average molecular weight is 474 g/mol. The van der Waals surface area contributed by atoms with Crippen molar-refractivity contribution in [2.75, 3.05) is 12.0 Å². The van der Waals surface area contributed by atoms with Crippen LogP contribution in [0.3, 0.4) is 0 Å². The summed E-state index contributed by atoms with van der Waals surface area (Å²) in [6, 6.07) is 5.62. The zero-order valence-electron chi connectivity index (χ0n) is 20.1. The molecule has 0 saturated carbocycles. The molecule has 0 aromatic carbocycles. The van der Waals surface area contributed by atoms with E-state index in [1.165, 1.54) is 6.20 Å². The lowest BCUT2D eigenvalue weighted by atomic mass is 9.77. The van der Waals surface area contributed by atoms with Gasteiger partial charge in [-0.1, -0.05) is 32.1 Å². The number of nitriles is 1. The number of imidazole rings is 1. The Kier molecular flexibility index (Phi) is 5.48. The number of ether oxygens (including phenoxy) is 1. The highest BCUT2D eigenvalue weighted by atomic mass is 19.1. The van der Waals surface area contributed by atoms with Crippen LogP contribution < -0.4 is 5.32 Å². The molecule has 2 bridgehead atoms. The lowest BCUT2D eigenvalue weighted by Crippen LogP contribution is -2.39. The molecular weight excluding hydrogens is 445 g/mol. The molecule has 1 amide bonds. The number of aromatic nitrogens is 3. The monoisotopic (exact) mass is 473 g/mol. The topological polar surface area (TPSA) is 104 Å². The van der Waals surface area contributed by atoms with E-state index in [4.69, 9.17) is 15.0 Å². The van der Waals surface area contributed by atoms with Crippen LogP contribution in [0.1, 0.15) is 74.2 Å². The number of pyridine rings is 1. The first-order valence-electron chi connectivity index (χ1n) is 11.8. The van der Waals surface area contributed by atoms with Gasteiger partial charge in [-0.3, -0.25) is 4.79 Å². The Labute approximate surface area is 203 Å². The van der Waals surface area contributed by atoms with Crippen LogP contribution in [-0.2, 0) is 4.74 Å². The number of fused-ring (bicyclic) bond motifs is 2. The summed E-state index contributed by atoms with van der Waals surface area (Å²) in [5, 5.41) is 11.9. The number of carbonyl (C=O) groups is 1. The highest BCUT2D eigenvalue weighted by Gasteiger charge is 2.46. The standard InChI is InChI=1S/C27H28FN5O2/c1-25(2)8-6-17(7-9-25)22-21(33-24(34)23-30-15-19(14-29)31-23)5-4-20(32-22)18-12-26(3)10-11-27(13-18,16-28)35-26/h4-6,10-12,15H,7-9,13,16H2,1-3H3,(H,30,31)(H,33,34). The number of H-pyrrole nitrogens is 1. The Balaban J connectivity index is 1.52. The lowest BCUT2D eigenvalue weighted by molar-refractivity contribution is -0.0701. The van der Waals surface area contributed by atoms with Gasteiger partial charge in [0.2, 0.25) is 0 Å². The van der Waals surface area contributed by atoms with Crippen molar-refractivity contribution < 1.29 is 13.9 Å². The van der Waals surface area contributed by atoms with Crippen molar-refractivity contribution in [3.05, 3.63) is 65.5 Å². The molecule has 1 aliphatic carbocycles. The molecular formula is C27H28FN5O2. The zero-order chi connectivity index (χ0) is 24.8. The van der Waals surface area contributed by atoms with Gasteiger partial charge in [-0.15, -0.1) is 0 Å². The molecule has 3 aliphatic rings. The molecule has 4 heterocycles. The number of amides is 1. The van der Waals surface area contributed by atoms with Crippen LogP contribution in [-0.4, -0.2) is 38.7 Å². The Hall–Kier alpha value is -3.57. The van der Waals surface area contributed by atoms with E-state index < -0.39 is 23.8 Å². The highest BCUT2D eigenvalue weighted by Crippen LogP contribution is 2.46. The first kappa shape index (κ1) is 23.2. The lowest BCUT2D eigenvalue weighted by Gasteiger charge is -2.36. The third kappa shape index (κ3) is 4.44. The highest BCUT2D eigenvalue weighted by molar-refractivity contribution is 6.03. The maximum atomic E-state index is 13.9. The minimum Gasteiger partial charge on any atom is -0.353 e. The third-order valence-electron chi connectivity index (χ3n) is 6.98. The number of aromatic amines is 1. The molecule has 180 valence electrons. The maximum absolute atomic E-state index is 13.9. The predicted molar refractivity (Wildman–Crippen MR) is 131 cm³/mol. The van der Waals surface area contributed by atoms with Gasteiger partial charge in [-0.25, -0.2) is 14.4 Å². The van der Waals surface area contributed by atoms with E-state index in [1.54, 1.807) is 0 Å². The van der Waals surface area contributed by atoms with Gasteiger partial charge in [0, 0.05) is 6.42 Å². The van der Waals surface area contributed by atoms with Gasteiger partial charge >= 0.3 is 0 Å². The Morgan fingerprint density at radius 3 is 2.80 bits per heavy atom.